The molecule has 1 amide bonds. The fraction of sp³-hybridized carbons (Fsp3) is 0.0909. The van der Waals surface area contributed by atoms with Crippen molar-refractivity contribution in [3.63, 3.8) is 0 Å². The molecule has 6 heteroatoms. The number of nitrogens with zero attached hydrogens (tertiary/aromatic N) is 1. The summed E-state index contributed by atoms with van der Waals surface area (Å²) in [4.78, 5) is 27.2. The van der Waals surface area contributed by atoms with Crippen molar-refractivity contribution in [1.29, 1.82) is 0 Å². The molecule has 0 atom stereocenters. The van der Waals surface area contributed by atoms with E-state index in [1.54, 1.807) is 59.7 Å². The number of fused-ring (bicyclic) bond motifs is 1. The predicted molar refractivity (Wildman–Crippen MR) is 106 cm³/mol. The van der Waals surface area contributed by atoms with Gasteiger partial charge in [-0.25, -0.2) is 4.79 Å². The molecule has 4 aromatic rings. The molecule has 0 aliphatic carbocycles. The van der Waals surface area contributed by atoms with Crippen LogP contribution in [0.25, 0.3) is 11.0 Å². The van der Waals surface area contributed by atoms with Crippen molar-refractivity contribution in [3.05, 3.63) is 105 Å². The van der Waals surface area contributed by atoms with Crippen LogP contribution in [0.5, 0.6) is 0 Å². The smallest absolute Gasteiger partial charge is 0.349 e. The molecule has 0 N–H and O–H groups in total. The van der Waals surface area contributed by atoms with E-state index in [-0.39, 0.29) is 12.1 Å². The molecule has 2 heterocycles. The Morgan fingerprint density at radius 1 is 0.964 bits per heavy atom. The van der Waals surface area contributed by atoms with Crippen LogP contribution >= 0.6 is 11.6 Å². The molecule has 4 rings (SSSR count). The zero-order chi connectivity index (χ0) is 19.5. The zero-order valence-corrected chi connectivity index (χ0v) is 15.6. The van der Waals surface area contributed by atoms with Crippen LogP contribution in [0, 0.1) is 0 Å². The average molecular weight is 394 g/mol. The first kappa shape index (κ1) is 18.1. The molecule has 28 heavy (non-hydrogen) atoms. The molecule has 140 valence electrons. The number of halogens is 1. The van der Waals surface area contributed by atoms with Gasteiger partial charge in [0.2, 0.25) is 0 Å². The van der Waals surface area contributed by atoms with E-state index in [1.807, 2.05) is 18.2 Å². The molecule has 0 fully saturated rings. The lowest BCUT2D eigenvalue weighted by Crippen LogP contribution is -2.33. The van der Waals surface area contributed by atoms with Gasteiger partial charge in [-0.2, -0.15) is 0 Å². The maximum atomic E-state index is 13.2. The van der Waals surface area contributed by atoms with Crippen molar-refractivity contribution < 1.29 is 13.6 Å². The minimum absolute atomic E-state index is 0.0146. The van der Waals surface area contributed by atoms with E-state index in [1.165, 1.54) is 0 Å². The van der Waals surface area contributed by atoms with E-state index < -0.39 is 11.5 Å². The quantitative estimate of drug-likeness (QED) is 0.453. The molecule has 5 nitrogen and oxygen atoms in total. The lowest BCUT2D eigenvalue weighted by molar-refractivity contribution is 0.0713. The van der Waals surface area contributed by atoms with Gasteiger partial charge in [0.25, 0.3) is 5.91 Å². The number of rotatable bonds is 5. The summed E-state index contributed by atoms with van der Waals surface area (Å²) in [6.45, 7) is 0.518. The maximum Gasteiger partial charge on any atom is 0.349 e. The lowest BCUT2D eigenvalue weighted by Gasteiger charge is -2.21. The topological polar surface area (TPSA) is 63.7 Å². The molecule has 0 unspecified atom stereocenters. The Morgan fingerprint density at radius 3 is 2.50 bits per heavy atom. The van der Waals surface area contributed by atoms with Gasteiger partial charge in [-0.1, -0.05) is 41.9 Å². The Balaban J connectivity index is 1.70. The number of carbonyl (C=O) groups is 1. The highest BCUT2D eigenvalue weighted by Crippen LogP contribution is 2.18. The van der Waals surface area contributed by atoms with E-state index >= 15 is 0 Å². The Hall–Kier alpha value is -3.31. The second-order valence-corrected chi connectivity index (χ2v) is 6.79. The Labute approximate surface area is 165 Å². The van der Waals surface area contributed by atoms with Crippen molar-refractivity contribution in [2.45, 2.75) is 13.1 Å². The minimum atomic E-state index is -0.663. The van der Waals surface area contributed by atoms with Crippen molar-refractivity contribution in [2.75, 3.05) is 0 Å². The zero-order valence-electron chi connectivity index (χ0n) is 14.8. The molecule has 0 radical (unpaired) electrons. The highest BCUT2D eigenvalue weighted by Gasteiger charge is 2.22. The summed E-state index contributed by atoms with van der Waals surface area (Å²) >= 11 is 5.95. The van der Waals surface area contributed by atoms with Crippen molar-refractivity contribution in [3.8, 4) is 0 Å². The molecule has 0 saturated heterocycles. The standard InChI is InChI=1S/C22H16ClNO4/c23-17-9-7-15(8-10-17)13-24(14-18-5-3-11-27-18)21(25)19-12-16-4-1-2-6-20(16)28-22(19)26/h1-12H,13-14H2. The van der Waals surface area contributed by atoms with Gasteiger partial charge in [-0.05, 0) is 42.0 Å². The van der Waals surface area contributed by atoms with Gasteiger partial charge in [0.15, 0.2) is 0 Å². The number of hydrogen-bond acceptors (Lipinski definition) is 4. The molecule has 0 bridgehead atoms. The van der Waals surface area contributed by atoms with Crippen LogP contribution in [0.4, 0.5) is 0 Å². The summed E-state index contributed by atoms with van der Waals surface area (Å²) in [5, 5.41) is 1.30. The number of amides is 1. The first-order valence-electron chi connectivity index (χ1n) is 8.69. The van der Waals surface area contributed by atoms with Crippen LogP contribution in [0.15, 0.2) is 86.6 Å². The van der Waals surface area contributed by atoms with Gasteiger partial charge in [0.05, 0.1) is 12.8 Å². The van der Waals surface area contributed by atoms with Gasteiger partial charge in [0.1, 0.15) is 16.9 Å². The average Bonchev–Trinajstić information content (AvgIpc) is 3.21. The summed E-state index contributed by atoms with van der Waals surface area (Å²) in [5.74, 6) is 0.193. The number of benzene rings is 2. The third-order valence-corrected chi connectivity index (χ3v) is 4.62. The van der Waals surface area contributed by atoms with Gasteiger partial charge in [0, 0.05) is 17.0 Å². The largest absolute Gasteiger partial charge is 0.467 e. The van der Waals surface area contributed by atoms with Gasteiger partial charge >= 0.3 is 5.63 Å². The number of hydrogen-bond donors (Lipinski definition) is 0. The molecule has 0 aliphatic heterocycles. The summed E-state index contributed by atoms with van der Waals surface area (Å²) in [7, 11) is 0. The van der Waals surface area contributed by atoms with Crippen LogP contribution in [-0.2, 0) is 13.1 Å². The van der Waals surface area contributed by atoms with Crippen LogP contribution in [0.3, 0.4) is 0 Å². The van der Waals surface area contributed by atoms with E-state index in [9.17, 15) is 9.59 Å². The Morgan fingerprint density at radius 2 is 1.75 bits per heavy atom. The fourth-order valence-corrected chi connectivity index (χ4v) is 3.11. The summed E-state index contributed by atoms with van der Waals surface area (Å²) < 4.78 is 10.7. The monoisotopic (exact) mass is 393 g/mol. The Kier molecular flexibility index (Phi) is 5.00. The lowest BCUT2D eigenvalue weighted by atomic mass is 10.1. The highest BCUT2D eigenvalue weighted by molar-refractivity contribution is 6.30. The van der Waals surface area contributed by atoms with Gasteiger partial charge in [-0.3, -0.25) is 4.79 Å². The van der Waals surface area contributed by atoms with Crippen LogP contribution in [0.2, 0.25) is 5.02 Å². The summed E-state index contributed by atoms with van der Waals surface area (Å²) in [5.41, 5.74) is 0.650. The van der Waals surface area contributed by atoms with Gasteiger partial charge in [-0.15, -0.1) is 0 Å². The normalized spacial score (nSPS) is 10.9. The van der Waals surface area contributed by atoms with E-state index in [0.717, 1.165) is 5.56 Å². The van der Waals surface area contributed by atoms with Crippen molar-refractivity contribution in [2.24, 2.45) is 0 Å². The molecule has 0 saturated carbocycles. The van der Waals surface area contributed by atoms with Crippen LogP contribution in [-0.4, -0.2) is 10.8 Å². The third-order valence-electron chi connectivity index (χ3n) is 4.37. The van der Waals surface area contributed by atoms with Crippen LogP contribution in [0.1, 0.15) is 21.7 Å². The highest BCUT2D eigenvalue weighted by atomic mass is 35.5. The molecule has 2 aromatic carbocycles. The van der Waals surface area contributed by atoms with E-state index in [4.69, 9.17) is 20.4 Å². The first-order valence-corrected chi connectivity index (χ1v) is 9.07. The van der Waals surface area contributed by atoms with Crippen molar-refractivity contribution in [1.82, 2.24) is 4.90 Å². The molecular formula is C22H16ClNO4. The minimum Gasteiger partial charge on any atom is -0.467 e. The molecule has 2 aromatic heterocycles. The number of para-hydroxylation sites is 1. The Bertz CT molecular complexity index is 1160. The molecular weight excluding hydrogens is 378 g/mol. The van der Waals surface area contributed by atoms with Crippen molar-refractivity contribution >= 4 is 28.5 Å². The van der Waals surface area contributed by atoms with Gasteiger partial charge < -0.3 is 13.7 Å². The fourth-order valence-electron chi connectivity index (χ4n) is 2.98. The van der Waals surface area contributed by atoms with E-state index in [2.05, 4.69) is 0 Å². The van der Waals surface area contributed by atoms with E-state index in [0.29, 0.717) is 28.3 Å². The molecule has 0 aliphatic rings. The summed E-state index contributed by atoms with van der Waals surface area (Å²) in [6.07, 6.45) is 1.55. The SMILES string of the molecule is O=C(c1cc2ccccc2oc1=O)N(Cc1ccc(Cl)cc1)Cc1ccco1. The second kappa shape index (κ2) is 7.74. The maximum absolute atomic E-state index is 13.2. The number of carbonyl (C=O) groups excluding carboxylic acids is 1. The number of furan rings is 1. The third kappa shape index (κ3) is 3.85. The predicted octanol–water partition coefficient (Wildman–Crippen LogP) is 4.88. The van der Waals surface area contributed by atoms with Crippen LogP contribution < -0.4 is 5.63 Å². The second-order valence-electron chi connectivity index (χ2n) is 6.35. The first-order chi connectivity index (χ1) is 13.6. The summed E-state index contributed by atoms with van der Waals surface area (Å²) in [6, 6.07) is 19.4. The molecule has 0 spiro atoms.